The normalized spacial score (nSPS) is 10.4. The lowest BCUT2D eigenvalue weighted by Crippen LogP contribution is -2.07. The molecule has 0 saturated carbocycles. The number of carbonyl (C=O) groups is 1. The van der Waals surface area contributed by atoms with Crippen molar-refractivity contribution in [2.24, 2.45) is 7.05 Å². The summed E-state index contributed by atoms with van der Waals surface area (Å²) >= 11 is 0. The van der Waals surface area contributed by atoms with Gasteiger partial charge < -0.3 is 5.11 Å². The van der Waals surface area contributed by atoms with Crippen molar-refractivity contribution in [1.29, 1.82) is 0 Å². The van der Waals surface area contributed by atoms with Crippen LogP contribution in [-0.4, -0.2) is 25.8 Å². The van der Waals surface area contributed by atoms with E-state index in [2.05, 4.69) is 10.1 Å². The Balaban J connectivity index is 2.66. The van der Waals surface area contributed by atoms with Gasteiger partial charge in [-0.2, -0.15) is 5.10 Å². The number of hydrogen-bond acceptors (Lipinski definition) is 3. The largest absolute Gasteiger partial charge is 0.477 e. The summed E-state index contributed by atoms with van der Waals surface area (Å²) in [6, 6.07) is 3.70. The summed E-state index contributed by atoms with van der Waals surface area (Å²) in [6.07, 6.45) is 3.17. The van der Waals surface area contributed by atoms with Gasteiger partial charge in [-0.15, -0.1) is 0 Å². The predicted molar refractivity (Wildman–Crippen MR) is 58.1 cm³/mol. The number of carboxylic acids is 1. The molecule has 16 heavy (non-hydrogen) atoms. The maximum Gasteiger partial charge on any atom is 0.354 e. The highest BCUT2D eigenvalue weighted by atomic mass is 16.4. The molecule has 0 fully saturated rings. The van der Waals surface area contributed by atoms with E-state index in [4.69, 9.17) is 5.11 Å². The molecule has 0 amide bonds. The number of pyridine rings is 1. The molecule has 0 atom stereocenters. The van der Waals surface area contributed by atoms with Crippen LogP contribution < -0.4 is 0 Å². The minimum Gasteiger partial charge on any atom is -0.477 e. The predicted octanol–water partition coefficient (Wildman–Crippen LogP) is 1.49. The van der Waals surface area contributed by atoms with E-state index < -0.39 is 5.97 Å². The smallest absolute Gasteiger partial charge is 0.354 e. The van der Waals surface area contributed by atoms with Gasteiger partial charge in [-0.1, -0.05) is 6.07 Å². The maximum absolute atomic E-state index is 11.1. The van der Waals surface area contributed by atoms with E-state index in [1.807, 2.05) is 19.1 Å². The Bertz CT molecular complexity index is 546. The second-order valence-corrected chi connectivity index (χ2v) is 3.50. The van der Waals surface area contributed by atoms with Gasteiger partial charge in [0.15, 0.2) is 5.69 Å². The maximum atomic E-state index is 11.1. The van der Waals surface area contributed by atoms with Gasteiger partial charge >= 0.3 is 5.97 Å². The topological polar surface area (TPSA) is 68.0 Å². The molecule has 0 saturated heterocycles. The van der Waals surface area contributed by atoms with Crippen molar-refractivity contribution in [3.63, 3.8) is 0 Å². The highest BCUT2D eigenvalue weighted by Gasteiger charge is 2.18. The Morgan fingerprint density at radius 3 is 2.88 bits per heavy atom. The van der Waals surface area contributed by atoms with Gasteiger partial charge in [-0.05, 0) is 18.6 Å². The van der Waals surface area contributed by atoms with E-state index in [1.165, 1.54) is 10.9 Å². The lowest BCUT2D eigenvalue weighted by Gasteiger charge is -2.03. The fourth-order valence-electron chi connectivity index (χ4n) is 1.63. The molecule has 0 radical (unpaired) electrons. The number of carboxylic acid groups (broad SMARTS) is 1. The molecule has 0 aliphatic heterocycles. The molecule has 1 N–H and O–H groups in total. The van der Waals surface area contributed by atoms with Crippen LogP contribution in [0.1, 0.15) is 16.1 Å². The molecule has 5 nitrogen and oxygen atoms in total. The van der Waals surface area contributed by atoms with Gasteiger partial charge in [0, 0.05) is 13.2 Å². The van der Waals surface area contributed by atoms with Crippen LogP contribution in [0.2, 0.25) is 0 Å². The van der Waals surface area contributed by atoms with Crippen molar-refractivity contribution in [2.45, 2.75) is 6.92 Å². The molecule has 2 aromatic heterocycles. The van der Waals surface area contributed by atoms with E-state index in [0.717, 1.165) is 5.56 Å². The van der Waals surface area contributed by atoms with Gasteiger partial charge in [-0.25, -0.2) is 4.79 Å². The number of aryl methyl sites for hydroxylation is 2. The number of nitrogens with zero attached hydrogens (tertiary/aromatic N) is 3. The Labute approximate surface area is 92.4 Å². The average molecular weight is 217 g/mol. The van der Waals surface area contributed by atoms with Crippen molar-refractivity contribution >= 4 is 5.97 Å². The zero-order valence-corrected chi connectivity index (χ0v) is 9.01. The number of rotatable bonds is 2. The molecule has 0 aliphatic carbocycles. The molecule has 2 heterocycles. The first-order chi connectivity index (χ1) is 7.61. The van der Waals surface area contributed by atoms with Gasteiger partial charge in [-0.3, -0.25) is 9.67 Å². The standard InChI is InChI=1S/C11H11N3O2/c1-7-4-3-5-12-9(7)8-6-13-14(2)10(8)11(15)16/h3-6H,1-2H3,(H,15,16). The molecule has 82 valence electrons. The van der Waals surface area contributed by atoms with Crippen LogP contribution in [0.5, 0.6) is 0 Å². The van der Waals surface area contributed by atoms with E-state index in [-0.39, 0.29) is 5.69 Å². The van der Waals surface area contributed by atoms with E-state index in [1.54, 1.807) is 13.2 Å². The Morgan fingerprint density at radius 1 is 1.50 bits per heavy atom. The summed E-state index contributed by atoms with van der Waals surface area (Å²) < 4.78 is 1.34. The molecule has 0 aliphatic rings. The van der Waals surface area contributed by atoms with Crippen LogP contribution in [0.3, 0.4) is 0 Å². The van der Waals surface area contributed by atoms with Crippen molar-refractivity contribution in [1.82, 2.24) is 14.8 Å². The van der Waals surface area contributed by atoms with Crippen LogP contribution >= 0.6 is 0 Å². The molecule has 0 aromatic carbocycles. The quantitative estimate of drug-likeness (QED) is 0.827. The minimum absolute atomic E-state index is 0.154. The first-order valence-corrected chi connectivity index (χ1v) is 4.78. The van der Waals surface area contributed by atoms with Gasteiger partial charge in [0.05, 0.1) is 17.5 Å². The van der Waals surface area contributed by atoms with Crippen molar-refractivity contribution < 1.29 is 9.90 Å². The zero-order chi connectivity index (χ0) is 11.7. The fraction of sp³-hybridized carbons (Fsp3) is 0.182. The summed E-state index contributed by atoms with van der Waals surface area (Å²) in [7, 11) is 1.60. The lowest BCUT2D eigenvalue weighted by atomic mass is 10.1. The second kappa shape index (κ2) is 3.77. The van der Waals surface area contributed by atoms with Gasteiger partial charge in [0.1, 0.15) is 0 Å². The second-order valence-electron chi connectivity index (χ2n) is 3.50. The molecule has 0 spiro atoms. The number of aromatic nitrogens is 3. The fourth-order valence-corrected chi connectivity index (χ4v) is 1.63. The highest BCUT2D eigenvalue weighted by Crippen LogP contribution is 2.23. The minimum atomic E-state index is -1.000. The summed E-state index contributed by atoms with van der Waals surface area (Å²) in [5.41, 5.74) is 2.29. The zero-order valence-electron chi connectivity index (χ0n) is 9.01. The van der Waals surface area contributed by atoms with E-state index >= 15 is 0 Å². The third-order valence-electron chi connectivity index (χ3n) is 2.41. The molecule has 2 rings (SSSR count). The SMILES string of the molecule is Cc1cccnc1-c1cnn(C)c1C(=O)O. The van der Waals surface area contributed by atoms with Crippen LogP contribution in [0.15, 0.2) is 24.5 Å². The van der Waals surface area contributed by atoms with Gasteiger partial charge in [0.2, 0.25) is 0 Å². The highest BCUT2D eigenvalue weighted by molar-refractivity contribution is 5.93. The molecular formula is C11H11N3O2. The van der Waals surface area contributed by atoms with E-state index in [9.17, 15) is 4.79 Å². The molecule has 0 unspecified atom stereocenters. The summed E-state index contributed by atoms with van der Waals surface area (Å²) in [5.74, 6) is -1.000. The summed E-state index contributed by atoms with van der Waals surface area (Å²) in [4.78, 5) is 15.3. The van der Waals surface area contributed by atoms with Crippen LogP contribution in [0.25, 0.3) is 11.3 Å². The monoisotopic (exact) mass is 217 g/mol. The third kappa shape index (κ3) is 1.56. The Morgan fingerprint density at radius 2 is 2.25 bits per heavy atom. The number of hydrogen-bond donors (Lipinski definition) is 1. The third-order valence-corrected chi connectivity index (χ3v) is 2.41. The van der Waals surface area contributed by atoms with Gasteiger partial charge in [0.25, 0.3) is 0 Å². The Kier molecular flexibility index (Phi) is 2.44. The molecule has 5 heteroatoms. The van der Waals surface area contributed by atoms with Crippen LogP contribution in [0, 0.1) is 6.92 Å². The number of aromatic carboxylic acids is 1. The van der Waals surface area contributed by atoms with Crippen LogP contribution in [0.4, 0.5) is 0 Å². The first-order valence-electron chi connectivity index (χ1n) is 4.78. The average Bonchev–Trinajstić information content (AvgIpc) is 2.61. The summed E-state index contributed by atoms with van der Waals surface area (Å²) in [5, 5.41) is 13.1. The van der Waals surface area contributed by atoms with Crippen molar-refractivity contribution in [3.8, 4) is 11.3 Å². The Hall–Kier alpha value is -2.17. The van der Waals surface area contributed by atoms with Crippen LogP contribution in [-0.2, 0) is 7.05 Å². The molecular weight excluding hydrogens is 206 g/mol. The van der Waals surface area contributed by atoms with E-state index in [0.29, 0.717) is 11.3 Å². The molecule has 0 bridgehead atoms. The summed E-state index contributed by atoms with van der Waals surface area (Å²) in [6.45, 7) is 1.89. The van der Waals surface area contributed by atoms with Crippen molar-refractivity contribution in [2.75, 3.05) is 0 Å². The molecule has 2 aromatic rings. The van der Waals surface area contributed by atoms with Crippen molar-refractivity contribution in [3.05, 3.63) is 35.8 Å². The first kappa shape index (κ1) is 10.4. The lowest BCUT2D eigenvalue weighted by molar-refractivity contribution is 0.0686.